The van der Waals surface area contributed by atoms with E-state index in [1.807, 2.05) is 0 Å². The average Bonchev–Trinajstić information content (AvgIpc) is 2.92. The van der Waals surface area contributed by atoms with Gasteiger partial charge in [-0.25, -0.2) is 0 Å². The van der Waals surface area contributed by atoms with Crippen LogP contribution >= 0.6 is 11.6 Å². The third-order valence-corrected chi connectivity index (χ3v) is 3.72. The van der Waals surface area contributed by atoms with Gasteiger partial charge in [-0.2, -0.15) is 18.3 Å². The Bertz CT molecular complexity index is 731. The van der Waals surface area contributed by atoms with E-state index in [0.29, 0.717) is 5.69 Å². The number of aryl methyl sites for hydroxylation is 1. The molecule has 1 heterocycles. The molecule has 0 unspecified atom stereocenters. The molecule has 1 aromatic heterocycles. The molecule has 1 aromatic carbocycles. The maximum atomic E-state index is 12.8. The van der Waals surface area contributed by atoms with Gasteiger partial charge in [-0.15, -0.1) is 0 Å². The summed E-state index contributed by atoms with van der Waals surface area (Å²) in [5.74, 6) is -0.727. The molecule has 5 nitrogen and oxygen atoms in total. The molecule has 0 aliphatic carbocycles. The molecule has 0 radical (unpaired) electrons. The zero-order chi connectivity index (χ0) is 17.9. The highest BCUT2D eigenvalue weighted by Gasteiger charge is 2.32. The lowest BCUT2D eigenvalue weighted by Crippen LogP contribution is -2.33. The van der Waals surface area contributed by atoms with Crippen molar-refractivity contribution < 1.29 is 22.7 Å². The molecule has 130 valence electrons. The molecular weight excluding hydrogens is 347 g/mol. The van der Waals surface area contributed by atoms with Crippen LogP contribution in [0.25, 0.3) is 0 Å². The number of methoxy groups -OCH3 is 1. The van der Waals surface area contributed by atoms with Gasteiger partial charge in [0.25, 0.3) is 5.91 Å². The van der Waals surface area contributed by atoms with Crippen molar-refractivity contribution in [2.45, 2.75) is 12.2 Å². The molecule has 1 amide bonds. The van der Waals surface area contributed by atoms with E-state index in [9.17, 15) is 18.0 Å². The summed E-state index contributed by atoms with van der Waals surface area (Å²) < 4.78 is 45.0. The number of hydrogen-bond acceptors (Lipinski definition) is 3. The Hall–Kier alpha value is -2.06. The predicted molar refractivity (Wildman–Crippen MR) is 81.7 cm³/mol. The summed E-state index contributed by atoms with van der Waals surface area (Å²) in [7, 11) is 3.13. The average molecular weight is 362 g/mol. The number of amides is 1. The summed E-state index contributed by atoms with van der Waals surface area (Å²) >= 11 is 5.88. The van der Waals surface area contributed by atoms with E-state index in [-0.39, 0.29) is 17.2 Å². The number of halogens is 4. The van der Waals surface area contributed by atoms with Crippen molar-refractivity contribution in [1.82, 2.24) is 15.1 Å². The fourth-order valence-corrected chi connectivity index (χ4v) is 2.41. The van der Waals surface area contributed by atoms with E-state index in [2.05, 4.69) is 10.4 Å². The van der Waals surface area contributed by atoms with Crippen LogP contribution < -0.4 is 5.32 Å². The van der Waals surface area contributed by atoms with Gasteiger partial charge in [0, 0.05) is 20.4 Å². The number of benzene rings is 1. The lowest BCUT2D eigenvalue weighted by molar-refractivity contribution is -0.137. The van der Waals surface area contributed by atoms with Gasteiger partial charge in [0.2, 0.25) is 0 Å². The molecule has 2 aromatic rings. The van der Waals surface area contributed by atoms with Crippen LogP contribution in [0, 0.1) is 0 Å². The third-order valence-electron chi connectivity index (χ3n) is 3.39. The fraction of sp³-hybridized carbons (Fsp3) is 0.333. The standard InChI is InChI=1S/C15H15ClF3N3O2/c1-22-13(5-6-20-22)12(8-24-2)21-14(23)10-7-9(15(17,18)19)3-4-11(10)16/h3-7,12H,8H2,1-2H3,(H,21,23)/t12-/m0/s1. The molecule has 9 heteroatoms. The molecule has 0 saturated heterocycles. The number of aromatic nitrogens is 2. The van der Waals surface area contributed by atoms with Gasteiger partial charge >= 0.3 is 6.18 Å². The molecule has 0 saturated carbocycles. The first-order valence-corrected chi connectivity index (χ1v) is 7.26. The van der Waals surface area contributed by atoms with Crippen molar-refractivity contribution in [3.8, 4) is 0 Å². The maximum Gasteiger partial charge on any atom is 0.416 e. The van der Waals surface area contributed by atoms with Gasteiger partial charge in [0.05, 0.1) is 34.5 Å². The second kappa shape index (κ2) is 7.23. The van der Waals surface area contributed by atoms with Crippen LogP contribution in [0.4, 0.5) is 13.2 Å². The van der Waals surface area contributed by atoms with E-state index < -0.39 is 23.7 Å². The molecule has 24 heavy (non-hydrogen) atoms. The van der Waals surface area contributed by atoms with Gasteiger partial charge in [0.1, 0.15) is 0 Å². The Morgan fingerprint density at radius 2 is 2.12 bits per heavy atom. The van der Waals surface area contributed by atoms with Gasteiger partial charge in [-0.05, 0) is 24.3 Å². The van der Waals surface area contributed by atoms with Crippen molar-refractivity contribution in [2.24, 2.45) is 7.05 Å². The Kier molecular flexibility index (Phi) is 5.51. The summed E-state index contributed by atoms with van der Waals surface area (Å²) in [6, 6.07) is 3.70. The minimum absolute atomic E-state index is 0.0679. The lowest BCUT2D eigenvalue weighted by Gasteiger charge is -2.19. The normalized spacial score (nSPS) is 12.9. The van der Waals surface area contributed by atoms with Gasteiger partial charge in [0.15, 0.2) is 0 Å². The quantitative estimate of drug-likeness (QED) is 0.889. The fourth-order valence-electron chi connectivity index (χ4n) is 2.21. The van der Waals surface area contributed by atoms with Gasteiger partial charge in [-0.1, -0.05) is 11.6 Å². The second-order valence-electron chi connectivity index (χ2n) is 5.05. The number of hydrogen-bond donors (Lipinski definition) is 1. The van der Waals surface area contributed by atoms with E-state index in [0.717, 1.165) is 18.2 Å². The number of nitrogens with one attached hydrogen (secondary N) is 1. The molecule has 0 spiro atoms. The SMILES string of the molecule is COC[C@H](NC(=O)c1cc(C(F)(F)F)ccc1Cl)c1ccnn1C. The van der Waals surface area contributed by atoms with Crippen LogP contribution in [0.1, 0.15) is 27.7 Å². The molecule has 2 rings (SSSR count). The highest BCUT2D eigenvalue weighted by molar-refractivity contribution is 6.33. The number of rotatable bonds is 5. The number of nitrogens with zero attached hydrogens (tertiary/aromatic N) is 2. The lowest BCUT2D eigenvalue weighted by atomic mass is 10.1. The smallest absolute Gasteiger partial charge is 0.382 e. The third kappa shape index (κ3) is 4.07. The van der Waals surface area contributed by atoms with Crippen LogP contribution in [0.3, 0.4) is 0 Å². The maximum absolute atomic E-state index is 12.8. The van der Waals surface area contributed by atoms with E-state index in [1.165, 1.54) is 11.8 Å². The van der Waals surface area contributed by atoms with Crippen molar-refractivity contribution in [2.75, 3.05) is 13.7 Å². The van der Waals surface area contributed by atoms with Crippen molar-refractivity contribution in [3.05, 3.63) is 52.3 Å². The van der Waals surface area contributed by atoms with Crippen LogP contribution in [0.5, 0.6) is 0 Å². The van der Waals surface area contributed by atoms with Gasteiger partial charge in [-0.3, -0.25) is 9.48 Å². The first-order valence-electron chi connectivity index (χ1n) is 6.88. The molecule has 1 N–H and O–H groups in total. The molecule has 0 aliphatic heterocycles. The summed E-state index contributed by atoms with van der Waals surface area (Å²) in [5, 5.41) is 6.55. The highest BCUT2D eigenvalue weighted by atomic mass is 35.5. The van der Waals surface area contributed by atoms with E-state index in [4.69, 9.17) is 16.3 Å². The Labute approximate surface area is 141 Å². The van der Waals surface area contributed by atoms with Crippen molar-refractivity contribution in [1.29, 1.82) is 0 Å². The summed E-state index contributed by atoms with van der Waals surface area (Å²) in [4.78, 5) is 12.4. The minimum atomic E-state index is -4.56. The number of carbonyl (C=O) groups excluding carboxylic acids is 1. The zero-order valence-electron chi connectivity index (χ0n) is 12.9. The van der Waals surface area contributed by atoms with Crippen molar-refractivity contribution >= 4 is 17.5 Å². The van der Waals surface area contributed by atoms with Crippen LogP contribution in [0.15, 0.2) is 30.5 Å². The first-order chi connectivity index (χ1) is 11.2. The minimum Gasteiger partial charge on any atom is -0.382 e. The van der Waals surface area contributed by atoms with E-state index >= 15 is 0 Å². The number of alkyl halides is 3. The molecule has 0 bridgehead atoms. The molecule has 0 fully saturated rings. The van der Waals surface area contributed by atoms with E-state index in [1.54, 1.807) is 19.3 Å². The van der Waals surface area contributed by atoms with Crippen molar-refractivity contribution in [3.63, 3.8) is 0 Å². The summed E-state index contributed by atoms with van der Waals surface area (Å²) in [5.41, 5.74) is -0.552. The first kappa shape index (κ1) is 18.3. The van der Waals surface area contributed by atoms with Crippen LogP contribution in [0.2, 0.25) is 5.02 Å². The Balaban J connectivity index is 2.29. The van der Waals surface area contributed by atoms with Gasteiger partial charge < -0.3 is 10.1 Å². The Morgan fingerprint density at radius 3 is 2.67 bits per heavy atom. The summed E-state index contributed by atoms with van der Waals surface area (Å²) in [6.07, 6.45) is -3.02. The second-order valence-corrected chi connectivity index (χ2v) is 5.46. The number of ether oxygens (including phenoxy) is 1. The monoisotopic (exact) mass is 361 g/mol. The highest BCUT2D eigenvalue weighted by Crippen LogP contribution is 2.32. The predicted octanol–water partition coefficient (Wildman–Crippen LogP) is 3.21. The Morgan fingerprint density at radius 1 is 1.42 bits per heavy atom. The molecular formula is C15H15ClF3N3O2. The molecule has 1 atom stereocenters. The number of carbonyl (C=O) groups is 1. The summed E-state index contributed by atoms with van der Waals surface area (Å²) in [6.45, 7) is 0.127. The molecule has 0 aliphatic rings. The topological polar surface area (TPSA) is 56.1 Å². The largest absolute Gasteiger partial charge is 0.416 e. The van der Waals surface area contributed by atoms with Crippen LogP contribution in [-0.2, 0) is 18.0 Å². The zero-order valence-corrected chi connectivity index (χ0v) is 13.6. The van der Waals surface area contributed by atoms with Crippen LogP contribution in [-0.4, -0.2) is 29.4 Å².